The van der Waals surface area contributed by atoms with Crippen LogP contribution in [0, 0.1) is 12.7 Å². The molecule has 0 aliphatic heterocycles. The molecular formula is C11H8ClFN2. The molecule has 0 aliphatic rings. The van der Waals surface area contributed by atoms with Crippen molar-refractivity contribution >= 4 is 11.6 Å². The standard InChI is InChI=1S/C11H8ClFN2/c1-7-14-5-8(6-15-7)11-9(12)3-2-4-10(11)13/h2-6H,1H3. The van der Waals surface area contributed by atoms with Crippen molar-refractivity contribution in [2.24, 2.45) is 0 Å². The molecule has 0 amide bonds. The zero-order valence-corrected chi connectivity index (χ0v) is 8.79. The fraction of sp³-hybridized carbons (Fsp3) is 0.0909. The molecule has 2 rings (SSSR count). The summed E-state index contributed by atoms with van der Waals surface area (Å²) in [6.45, 7) is 1.77. The molecular weight excluding hydrogens is 215 g/mol. The van der Waals surface area contributed by atoms with Crippen molar-refractivity contribution in [3.05, 3.63) is 47.3 Å². The molecule has 0 bridgehead atoms. The number of nitrogens with zero attached hydrogens (tertiary/aromatic N) is 2. The Balaban J connectivity index is 2.58. The van der Waals surface area contributed by atoms with Crippen LogP contribution in [0.25, 0.3) is 11.1 Å². The molecule has 0 saturated heterocycles. The highest BCUT2D eigenvalue weighted by molar-refractivity contribution is 6.33. The third kappa shape index (κ3) is 1.97. The molecule has 0 N–H and O–H groups in total. The molecule has 0 unspecified atom stereocenters. The van der Waals surface area contributed by atoms with E-state index >= 15 is 0 Å². The molecule has 4 heteroatoms. The van der Waals surface area contributed by atoms with Crippen molar-refractivity contribution in [2.45, 2.75) is 6.92 Å². The van der Waals surface area contributed by atoms with E-state index < -0.39 is 0 Å². The lowest BCUT2D eigenvalue weighted by Gasteiger charge is -2.04. The molecule has 0 radical (unpaired) electrons. The second-order valence-corrected chi connectivity index (χ2v) is 3.52. The maximum absolute atomic E-state index is 13.5. The van der Waals surface area contributed by atoms with Gasteiger partial charge in [-0.2, -0.15) is 0 Å². The largest absolute Gasteiger partial charge is 0.241 e. The first-order chi connectivity index (χ1) is 7.18. The number of halogens is 2. The molecule has 76 valence electrons. The van der Waals surface area contributed by atoms with E-state index in [1.54, 1.807) is 31.5 Å². The molecule has 0 saturated carbocycles. The fourth-order valence-corrected chi connectivity index (χ4v) is 1.57. The SMILES string of the molecule is Cc1ncc(-c2c(F)cccc2Cl)cn1. The van der Waals surface area contributed by atoms with E-state index in [-0.39, 0.29) is 5.82 Å². The molecule has 1 heterocycles. The highest BCUT2D eigenvalue weighted by Crippen LogP contribution is 2.29. The minimum absolute atomic E-state index is 0.346. The molecule has 1 aromatic heterocycles. The molecule has 2 nitrogen and oxygen atoms in total. The van der Waals surface area contributed by atoms with E-state index in [4.69, 9.17) is 11.6 Å². The van der Waals surface area contributed by atoms with Crippen molar-refractivity contribution in [1.29, 1.82) is 0 Å². The van der Waals surface area contributed by atoms with Crippen LogP contribution in [-0.4, -0.2) is 9.97 Å². The van der Waals surface area contributed by atoms with E-state index in [1.807, 2.05) is 0 Å². The minimum atomic E-state index is -0.366. The summed E-state index contributed by atoms with van der Waals surface area (Å²) in [5.41, 5.74) is 0.933. The predicted octanol–water partition coefficient (Wildman–Crippen LogP) is 3.24. The van der Waals surface area contributed by atoms with Crippen molar-refractivity contribution in [3.63, 3.8) is 0 Å². The summed E-state index contributed by atoms with van der Waals surface area (Å²) in [6.07, 6.45) is 3.12. The monoisotopic (exact) mass is 222 g/mol. The van der Waals surface area contributed by atoms with Gasteiger partial charge in [-0.3, -0.25) is 0 Å². The lowest BCUT2D eigenvalue weighted by Crippen LogP contribution is -1.90. The molecule has 0 spiro atoms. The average molecular weight is 223 g/mol. The molecule has 2 aromatic rings. The molecule has 0 aliphatic carbocycles. The van der Waals surface area contributed by atoms with E-state index in [9.17, 15) is 4.39 Å². The van der Waals surface area contributed by atoms with Crippen LogP contribution in [0.4, 0.5) is 4.39 Å². The van der Waals surface area contributed by atoms with Crippen LogP contribution in [-0.2, 0) is 0 Å². The van der Waals surface area contributed by atoms with Gasteiger partial charge >= 0.3 is 0 Å². The Kier molecular flexibility index (Phi) is 2.64. The molecule has 0 fully saturated rings. The highest BCUT2D eigenvalue weighted by atomic mass is 35.5. The predicted molar refractivity (Wildman–Crippen MR) is 57.2 cm³/mol. The Morgan fingerprint density at radius 3 is 2.47 bits per heavy atom. The Morgan fingerprint density at radius 2 is 1.87 bits per heavy atom. The summed E-state index contributed by atoms with van der Waals surface area (Å²) in [7, 11) is 0. The summed E-state index contributed by atoms with van der Waals surface area (Å²) >= 11 is 5.91. The maximum atomic E-state index is 13.5. The average Bonchev–Trinajstić information content (AvgIpc) is 2.20. The first-order valence-electron chi connectivity index (χ1n) is 4.41. The fourth-order valence-electron chi connectivity index (χ4n) is 1.30. The summed E-state index contributed by atoms with van der Waals surface area (Å²) in [5, 5.41) is 0.363. The quantitative estimate of drug-likeness (QED) is 0.740. The summed E-state index contributed by atoms with van der Waals surface area (Å²) < 4.78 is 13.5. The Morgan fingerprint density at radius 1 is 1.20 bits per heavy atom. The highest BCUT2D eigenvalue weighted by Gasteiger charge is 2.09. The lowest BCUT2D eigenvalue weighted by molar-refractivity contribution is 0.631. The van der Waals surface area contributed by atoms with E-state index in [2.05, 4.69) is 9.97 Å². The second kappa shape index (κ2) is 3.95. The van der Waals surface area contributed by atoms with Gasteiger partial charge in [0, 0.05) is 23.5 Å². The van der Waals surface area contributed by atoms with Crippen molar-refractivity contribution in [3.8, 4) is 11.1 Å². The van der Waals surface area contributed by atoms with Gasteiger partial charge < -0.3 is 0 Å². The Bertz CT molecular complexity index is 462. The van der Waals surface area contributed by atoms with Gasteiger partial charge in [0.05, 0.1) is 5.02 Å². The van der Waals surface area contributed by atoms with Gasteiger partial charge in [0.15, 0.2) is 0 Å². The molecule has 15 heavy (non-hydrogen) atoms. The number of aromatic nitrogens is 2. The maximum Gasteiger partial charge on any atom is 0.132 e. The van der Waals surface area contributed by atoms with Crippen molar-refractivity contribution in [1.82, 2.24) is 9.97 Å². The van der Waals surface area contributed by atoms with Gasteiger partial charge in [-0.25, -0.2) is 14.4 Å². The molecule has 1 aromatic carbocycles. The van der Waals surface area contributed by atoms with Crippen LogP contribution in [0.1, 0.15) is 5.82 Å². The molecule has 0 atom stereocenters. The van der Waals surface area contributed by atoms with Crippen LogP contribution in [0.5, 0.6) is 0 Å². The van der Waals surface area contributed by atoms with Gasteiger partial charge in [-0.1, -0.05) is 17.7 Å². The van der Waals surface area contributed by atoms with Gasteiger partial charge in [0.25, 0.3) is 0 Å². The normalized spacial score (nSPS) is 10.3. The number of benzene rings is 1. The van der Waals surface area contributed by atoms with Crippen LogP contribution in [0.3, 0.4) is 0 Å². The number of hydrogen-bond donors (Lipinski definition) is 0. The van der Waals surface area contributed by atoms with Crippen LogP contribution in [0.15, 0.2) is 30.6 Å². The third-order valence-corrected chi connectivity index (χ3v) is 2.35. The van der Waals surface area contributed by atoms with Crippen LogP contribution < -0.4 is 0 Å². The van der Waals surface area contributed by atoms with E-state index in [0.717, 1.165) is 0 Å². The third-order valence-electron chi connectivity index (χ3n) is 2.03. The smallest absolute Gasteiger partial charge is 0.132 e. The van der Waals surface area contributed by atoms with Gasteiger partial charge in [0.1, 0.15) is 11.6 Å². The van der Waals surface area contributed by atoms with Crippen LogP contribution in [0.2, 0.25) is 5.02 Å². The number of hydrogen-bond acceptors (Lipinski definition) is 2. The van der Waals surface area contributed by atoms with Gasteiger partial charge in [-0.15, -0.1) is 0 Å². The van der Waals surface area contributed by atoms with Crippen molar-refractivity contribution < 1.29 is 4.39 Å². The van der Waals surface area contributed by atoms with Crippen LogP contribution >= 0.6 is 11.6 Å². The Labute approximate surface area is 91.8 Å². The first kappa shape index (κ1) is 10.1. The zero-order chi connectivity index (χ0) is 10.8. The van der Waals surface area contributed by atoms with Gasteiger partial charge in [0.2, 0.25) is 0 Å². The number of rotatable bonds is 1. The number of aryl methyl sites for hydroxylation is 1. The van der Waals surface area contributed by atoms with E-state index in [1.165, 1.54) is 6.07 Å². The first-order valence-corrected chi connectivity index (χ1v) is 4.79. The lowest BCUT2D eigenvalue weighted by atomic mass is 10.1. The topological polar surface area (TPSA) is 25.8 Å². The Hall–Kier alpha value is -1.48. The van der Waals surface area contributed by atoms with E-state index in [0.29, 0.717) is 22.0 Å². The summed E-state index contributed by atoms with van der Waals surface area (Å²) in [6, 6.07) is 4.57. The summed E-state index contributed by atoms with van der Waals surface area (Å²) in [5.74, 6) is 0.279. The summed E-state index contributed by atoms with van der Waals surface area (Å²) in [4.78, 5) is 8.00. The van der Waals surface area contributed by atoms with Gasteiger partial charge in [-0.05, 0) is 19.1 Å². The zero-order valence-electron chi connectivity index (χ0n) is 8.04. The minimum Gasteiger partial charge on any atom is -0.241 e. The van der Waals surface area contributed by atoms with Crippen molar-refractivity contribution in [2.75, 3.05) is 0 Å². The second-order valence-electron chi connectivity index (χ2n) is 3.12.